The topological polar surface area (TPSA) is 55.1 Å². The van der Waals surface area contributed by atoms with E-state index in [9.17, 15) is 9.90 Å². The summed E-state index contributed by atoms with van der Waals surface area (Å²) in [6.07, 6.45) is 1.67. The molecule has 0 bridgehead atoms. The lowest BCUT2D eigenvalue weighted by Gasteiger charge is -2.08. The van der Waals surface area contributed by atoms with Crippen LogP contribution in [0.4, 0.5) is 0 Å². The van der Waals surface area contributed by atoms with Crippen LogP contribution in [0, 0.1) is 0 Å². The first kappa shape index (κ1) is 11.9. The van der Waals surface area contributed by atoms with Crippen molar-refractivity contribution in [2.45, 2.75) is 13.5 Å². The standard InChI is InChI=1S/C12H11BrN2O2/c1-2-15-11(5-6-14-15)9-4-3-8(13)7-10(9)12(16)17/h3-7H,2H2,1H3,(H,16,17). The molecule has 0 amide bonds. The van der Waals surface area contributed by atoms with Gasteiger partial charge in [0.05, 0.1) is 11.3 Å². The second-order valence-electron chi connectivity index (χ2n) is 3.53. The number of hydrogen-bond acceptors (Lipinski definition) is 2. The van der Waals surface area contributed by atoms with Crippen molar-refractivity contribution in [3.63, 3.8) is 0 Å². The quantitative estimate of drug-likeness (QED) is 0.947. The monoisotopic (exact) mass is 294 g/mol. The van der Waals surface area contributed by atoms with Gasteiger partial charge in [-0.1, -0.05) is 22.0 Å². The Hall–Kier alpha value is -1.62. The highest BCUT2D eigenvalue weighted by molar-refractivity contribution is 9.10. The molecule has 4 nitrogen and oxygen atoms in total. The fourth-order valence-electron chi connectivity index (χ4n) is 1.73. The van der Waals surface area contributed by atoms with Crippen LogP contribution in [0.25, 0.3) is 11.3 Å². The number of halogens is 1. The molecule has 0 unspecified atom stereocenters. The lowest BCUT2D eigenvalue weighted by molar-refractivity contribution is 0.0697. The van der Waals surface area contributed by atoms with Gasteiger partial charge in [0.2, 0.25) is 0 Å². The van der Waals surface area contributed by atoms with Crippen molar-refractivity contribution in [2.75, 3.05) is 0 Å². The maximum atomic E-state index is 11.2. The van der Waals surface area contributed by atoms with Gasteiger partial charge in [-0.3, -0.25) is 4.68 Å². The number of carboxylic acids is 1. The van der Waals surface area contributed by atoms with Gasteiger partial charge in [-0.05, 0) is 25.1 Å². The number of aryl methyl sites for hydroxylation is 1. The number of benzene rings is 1. The van der Waals surface area contributed by atoms with E-state index in [2.05, 4.69) is 21.0 Å². The molecule has 0 fully saturated rings. The molecule has 17 heavy (non-hydrogen) atoms. The highest BCUT2D eigenvalue weighted by Crippen LogP contribution is 2.26. The van der Waals surface area contributed by atoms with Crippen molar-refractivity contribution >= 4 is 21.9 Å². The lowest BCUT2D eigenvalue weighted by atomic mass is 10.0. The fraction of sp³-hybridized carbons (Fsp3) is 0.167. The first-order valence-electron chi connectivity index (χ1n) is 5.18. The molecule has 0 atom stereocenters. The molecule has 1 aromatic heterocycles. The fourth-order valence-corrected chi connectivity index (χ4v) is 2.09. The first-order valence-corrected chi connectivity index (χ1v) is 5.97. The highest BCUT2D eigenvalue weighted by atomic mass is 79.9. The summed E-state index contributed by atoms with van der Waals surface area (Å²) in [5.74, 6) is -0.940. The van der Waals surface area contributed by atoms with Gasteiger partial charge in [-0.25, -0.2) is 4.79 Å². The van der Waals surface area contributed by atoms with Crippen molar-refractivity contribution in [3.8, 4) is 11.3 Å². The summed E-state index contributed by atoms with van der Waals surface area (Å²) >= 11 is 3.28. The van der Waals surface area contributed by atoms with Crippen LogP contribution in [0.5, 0.6) is 0 Å². The summed E-state index contributed by atoms with van der Waals surface area (Å²) in [6.45, 7) is 2.67. The van der Waals surface area contributed by atoms with Crippen LogP contribution in [-0.4, -0.2) is 20.9 Å². The Morgan fingerprint density at radius 2 is 2.24 bits per heavy atom. The molecule has 0 aliphatic rings. The molecular formula is C12H11BrN2O2. The molecule has 0 radical (unpaired) electrons. The Labute approximate surface area is 107 Å². The molecule has 0 aliphatic heterocycles. The average molecular weight is 295 g/mol. The van der Waals surface area contributed by atoms with Gasteiger partial charge in [0, 0.05) is 22.8 Å². The summed E-state index contributed by atoms with van der Waals surface area (Å²) in [7, 11) is 0. The van der Waals surface area contributed by atoms with Crippen molar-refractivity contribution in [1.82, 2.24) is 9.78 Å². The Morgan fingerprint density at radius 3 is 2.88 bits per heavy atom. The molecule has 0 spiro atoms. The molecule has 2 aromatic rings. The summed E-state index contributed by atoms with van der Waals surface area (Å²) in [6, 6.07) is 7.04. The van der Waals surface area contributed by atoms with Crippen LogP contribution in [0.15, 0.2) is 34.9 Å². The minimum Gasteiger partial charge on any atom is -0.478 e. The number of rotatable bonds is 3. The number of carboxylic acid groups (broad SMARTS) is 1. The molecule has 1 heterocycles. The maximum absolute atomic E-state index is 11.2. The van der Waals surface area contributed by atoms with Gasteiger partial charge >= 0.3 is 5.97 Å². The summed E-state index contributed by atoms with van der Waals surface area (Å²) in [4.78, 5) is 11.2. The zero-order chi connectivity index (χ0) is 12.4. The second-order valence-corrected chi connectivity index (χ2v) is 4.44. The third kappa shape index (κ3) is 2.24. The van der Waals surface area contributed by atoms with Gasteiger partial charge in [-0.15, -0.1) is 0 Å². The van der Waals surface area contributed by atoms with Gasteiger partial charge in [0.25, 0.3) is 0 Å². The SMILES string of the molecule is CCn1nccc1-c1ccc(Br)cc1C(=O)O. The molecule has 1 aromatic carbocycles. The number of aromatic carboxylic acids is 1. The zero-order valence-corrected chi connectivity index (χ0v) is 10.8. The summed E-state index contributed by atoms with van der Waals surface area (Å²) in [5, 5.41) is 13.3. The Bertz CT molecular complexity index is 563. The van der Waals surface area contributed by atoms with E-state index in [0.29, 0.717) is 12.1 Å². The zero-order valence-electron chi connectivity index (χ0n) is 9.22. The van der Waals surface area contributed by atoms with Crippen LogP contribution in [0.3, 0.4) is 0 Å². The molecule has 2 rings (SSSR count). The van der Waals surface area contributed by atoms with Crippen LogP contribution < -0.4 is 0 Å². The molecular weight excluding hydrogens is 284 g/mol. The molecule has 0 saturated carbocycles. The molecule has 88 valence electrons. The van der Waals surface area contributed by atoms with Crippen LogP contribution >= 0.6 is 15.9 Å². The lowest BCUT2D eigenvalue weighted by Crippen LogP contribution is -2.04. The van der Waals surface area contributed by atoms with Crippen LogP contribution in [-0.2, 0) is 6.54 Å². The van der Waals surface area contributed by atoms with E-state index in [-0.39, 0.29) is 5.56 Å². The van der Waals surface area contributed by atoms with E-state index in [0.717, 1.165) is 10.2 Å². The van der Waals surface area contributed by atoms with E-state index in [1.54, 1.807) is 23.0 Å². The average Bonchev–Trinajstić information content (AvgIpc) is 2.76. The normalized spacial score (nSPS) is 10.5. The Balaban J connectivity index is 2.63. The van der Waals surface area contributed by atoms with Gasteiger partial charge in [0.1, 0.15) is 0 Å². The van der Waals surface area contributed by atoms with Crippen LogP contribution in [0.2, 0.25) is 0 Å². The predicted molar refractivity (Wildman–Crippen MR) is 68.0 cm³/mol. The molecule has 0 saturated heterocycles. The minimum absolute atomic E-state index is 0.273. The number of nitrogens with zero attached hydrogens (tertiary/aromatic N) is 2. The third-order valence-corrected chi connectivity index (χ3v) is 3.00. The predicted octanol–water partition coefficient (Wildman–Crippen LogP) is 3.03. The Kier molecular flexibility index (Phi) is 3.28. The van der Waals surface area contributed by atoms with Crippen molar-refractivity contribution < 1.29 is 9.90 Å². The summed E-state index contributed by atoms with van der Waals surface area (Å²) < 4.78 is 2.52. The minimum atomic E-state index is -0.940. The largest absolute Gasteiger partial charge is 0.478 e. The highest BCUT2D eigenvalue weighted by Gasteiger charge is 2.14. The van der Waals surface area contributed by atoms with E-state index >= 15 is 0 Å². The van der Waals surface area contributed by atoms with Gasteiger partial charge in [0.15, 0.2) is 0 Å². The first-order chi connectivity index (χ1) is 8.13. The summed E-state index contributed by atoms with van der Waals surface area (Å²) in [5.41, 5.74) is 1.77. The maximum Gasteiger partial charge on any atom is 0.336 e. The number of aromatic nitrogens is 2. The van der Waals surface area contributed by atoms with Crippen molar-refractivity contribution in [2.24, 2.45) is 0 Å². The van der Waals surface area contributed by atoms with Gasteiger partial charge in [-0.2, -0.15) is 5.10 Å². The number of hydrogen-bond donors (Lipinski definition) is 1. The molecule has 5 heteroatoms. The van der Waals surface area contributed by atoms with Gasteiger partial charge < -0.3 is 5.11 Å². The van der Waals surface area contributed by atoms with E-state index in [1.165, 1.54) is 0 Å². The van der Waals surface area contributed by atoms with E-state index in [1.807, 2.05) is 19.1 Å². The van der Waals surface area contributed by atoms with E-state index in [4.69, 9.17) is 0 Å². The van der Waals surface area contributed by atoms with Crippen molar-refractivity contribution in [3.05, 3.63) is 40.5 Å². The van der Waals surface area contributed by atoms with Crippen LogP contribution in [0.1, 0.15) is 17.3 Å². The smallest absolute Gasteiger partial charge is 0.336 e. The third-order valence-electron chi connectivity index (χ3n) is 2.50. The number of carbonyl (C=O) groups is 1. The van der Waals surface area contributed by atoms with Crippen molar-refractivity contribution in [1.29, 1.82) is 0 Å². The second kappa shape index (κ2) is 4.71. The molecule has 0 aliphatic carbocycles. The van der Waals surface area contributed by atoms with E-state index < -0.39 is 5.97 Å². The Morgan fingerprint density at radius 1 is 1.47 bits per heavy atom. The molecule has 1 N–H and O–H groups in total.